The molecule has 1 aromatic heterocycles. The van der Waals surface area contributed by atoms with E-state index in [-0.39, 0.29) is 5.84 Å². The van der Waals surface area contributed by atoms with Gasteiger partial charge in [0.1, 0.15) is 12.4 Å². The maximum absolute atomic E-state index is 8.63. The summed E-state index contributed by atoms with van der Waals surface area (Å²) >= 11 is 6.05. The third kappa shape index (κ3) is 3.19. The van der Waals surface area contributed by atoms with Crippen molar-refractivity contribution in [3.8, 4) is 5.75 Å². The number of halogens is 1. The van der Waals surface area contributed by atoms with Crippen LogP contribution in [-0.2, 0) is 6.61 Å². The van der Waals surface area contributed by atoms with Crippen LogP contribution in [0.25, 0.3) is 0 Å². The molecule has 0 aliphatic heterocycles. The fraction of sp³-hybridized carbons (Fsp3) is 0.143. The Balaban J connectivity index is 2.12. The molecule has 0 atom stereocenters. The third-order valence-corrected chi connectivity index (χ3v) is 3.13. The molecule has 1 heterocycles. The Morgan fingerprint density at radius 1 is 1.45 bits per heavy atom. The predicted octanol–water partition coefficient (Wildman–Crippen LogP) is 2.72. The second kappa shape index (κ2) is 6.25. The van der Waals surface area contributed by atoms with Crippen LogP contribution in [0.2, 0.25) is 5.02 Å². The number of nitrogens with zero attached hydrogens (tertiary/aromatic N) is 2. The van der Waals surface area contributed by atoms with E-state index >= 15 is 0 Å². The van der Waals surface area contributed by atoms with Gasteiger partial charge in [-0.25, -0.2) is 0 Å². The Labute approximate surface area is 121 Å². The molecule has 0 spiro atoms. The molecular formula is C14H14ClN3O2. The standard InChI is InChI=1S/C14H14ClN3O2/c1-9-3-2-6-17-13(9)8-20-10-4-5-11(12(15)7-10)14(16)18-19/h2-7,19H,8H2,1H3,(H2,16,18). The molecule has 0 aliphatic rings. The molecule has 2 rings (SSSR count). The predicted molar refractivity (Wildman–Crippen MR) is 77.3 cm³/mol. The van der Waals surface area contributed by atoms with Gasteiger partial charge in [0, 0.05) is 11.8 Å². The molecule has 0 radical (unpaired) electrons. The molecule has 0 saturated carbocycles. The lowest BCUT2D eigenvalue weighted by Crippen LogP contribution is -2.13. The first-order chi connectivity index (χ1) is 9.61. The second-order valence-electron chi connectivity index (χ2n) is 4.18. The van der Waals surface area contributed by atoms with Gasteiger partial charge in [-0.15, -0.1) is 0 Å². The van der Waals surface area contributed by atoms with E-state index in [1.54, 1.807) is 24.4 Å². The molecule has 0 bridgehead atoms. The van der Waals surface area contributed by atoms with Crippen molar-refractivity contribution in [1.82, 2.24) is 4.98 Å². The highest BCUT2D eigenvalue weighted by molar-refractivity contribution is 6.34. The summed E-state index contributed by atoms with van der Waals surface area (Å²) in [5, 5.41) is 11.9. The lowest BCUT2D eigenvalue weighted by Gasteiger charge is -2.09. The summed E-state index contributed by atoms with van der Waals surface area (Å²) in [4.78, 5) is 4.24. The maximum atomic E-state index is 8.63. The molecule has 0 aliphatic carbocycles. The van der Waals surface area contributed by atoms with Gasteiger partial charge in [0.15, 0.2) is 5.84 Å². The molecule has 5 nitrogen and oxygen atoms in total. The number of rotatable bonds is 4. The van der Waals surface area contributed by atoms with Crippen molar-refractivity contribution in [2.75, 3.05) is 0 Å². The number of hydrogen-bond acceptors (Lipinski definition) is 4. The summed E-state index contributed by atoms with van der Waals surface area (Å²) < 4.78 is 5.63. The number of amidine groups is 1. The van der Waals surface area contributed by atoms with Gasteiger partial charge >= 0.3 is 0 Å². The summed E-state index contributed by atoms with van der Waals surface area (Å²) in [6.45, 7) is 2.33. The van der Waals surface area contributed by atoms with Crippen LogP contribution < -0.4 is 10.5 Å². The van der Waals surface area contributed by atoms with Gasteiger partial charge in [-0.3, -0.25) is 4.98 Å². The van der Waals surface area contributed by atoms with Gasteiger partial charge in [0.25, 0.3) is 0 Å². The van der Waals surface area contributed by atoms with Crippen LogP contribution in [0.4, 0.5) is 0 Å². The lowest BCUT2D eigenvalue weighted by atomic mass is 10.2. The van der Waals surface area contributed by atoms with Gasteiger partial charge in [-0.05, 0) is 36.8 Å². The molecule has 104 valence electrons. The number of aryl methyl sites for hydroxylation is 1. The van der Waals surface area contributed by atoms with E-state index in [9.17, 15) is 0 Å². The highest BCUT2D eigenvalue weighted by Crippen LogP contribution is 2.23. The van der Waals surface area contributed by atoms with Gasteiger partial charge in [-0.2, -0.15) is 0 Å². The molecule has 1 aromatic carbocycles. The molecule has 0 saturated heterocycles. The molecule has 6 heteroatoms. The zero-order valence-corrected chi connectivity index (χ0v) is 11.6. The average molecular weight is 292 g/mol. The van der Waals surface area contributed by atoms with Crippen LogP contribution in [-0.4, -0.2) is 16.0 Å². The van der Waals surface area contributed by atoms with Crippen molar-refractivity contribution in [1.29, 1.82) is 0 Å². The number of benzene rings is 1. The smallest absolute Gasteiger partial charge is 0.171 e. The fourth-order valence-corrected chi connectivity index (χ4v) is 1.94. The van der Waals surface area contributed by atoms with Crippen LogP contribution in [0.5, 0.6) is 5.75 Å². The van der Waals surface area contributed by atoms with E-state index in [2.05, 4.69) is 10.1 Å². The number of ether oxygens (including phenoxy) is 1. The Morgan fingerprint density at radius 2 is 2.25 bits per heavy atom. The summed E-state index contributed by atoms with van der Waals surface area (Å²) in [5.74, 6) is 0.552. The summed E-state index contributed by atoms with van der Waals surface area (Å²) in [6.07, 6.45) is 1.72. The van der Waals surface area contributed by atoms with E-state index in [0.717, 1.165) is 11.3 Å². The minimum Gasteiger partial charge on any atom is -0.487 e. The Morgan fingerprint density at radius 3 is 2.90 bits per heavy atom. The number of oxime groups is 1. The van der Waals surface area contributed by atoms with E-state index in [1.807, 2.05) is 19.1 Å². The molecule has 3 N–H and O–H groups in total. The van der Waals surface area contributed by atoms with E-state index < -0.39 is 0 Å². The zero-order chi connectivity index (χ0) is 14.5. The summed E-state index contributed by atoms with van der Waals surface area (Å²) in [7, 11) is 0. The molecule has 0 amide bonds. The minimum atomic E-state index is -0.0397. The van der Waals surface area contributed by atoms with Crippen LogP contribution in [0, 0.1) is 6.92 Å². The molecule has 0 unspecified atom stereocenters. The number of pyridine rings is 1. The first-order valence-electron chi connectivity index (χ1n) is 5.92. The number of nitrogens with two attached hydrogens (primary N) is 1. The number of aromatic nitrogens is 1. The van der Waals surface area contributed by atoms with Gasteiger partial charge < -0.3 is 15.7 Å². The van der Waals surface area contributed by atoms with Crippen molar-refractivity contribution >= 4 is 17.4 Å². The summed E-state index contributed by atoms with van der Waals surface area (Å²) in [6, 6.07) is 8.81. The van der Waals surface area contributed by atoms with Crippen molar-refractivity contribution in [2.45, 2.75) is 13.5 Å². The molecule has 2 aromatic rings. The first-order valence-corrected chi connectivity index (χ1v) is 6.30. The Hall–Kier alpha value is -2.27. The normalized spacial score (nSPS) is 11.4. The minimum absolute atomic E-state index is 0.0397. The maximum Gasteiger partial charge on any atom is 0.171 e. The first kappa shape index (κ1) is 14.1. The lowest BCUT2D eigenvalue weighted by molar-refractivity contribution is 0.300. The monoisotopic (exact) mass is 291 g/mol. The molecule has 0 fully saturated rings. The van der Waals surface area contributed by atoms with Crippen LogP contribution in [0.15, 0.2) is 41.7 Å². The SMILES string of the molecule is Cc1cccnc1COc1ccc(/C(N)=N/O)c(Cl)c1. The van der Waals surface area contributed by atoms with E-state index in [0.29, 0.717) is 22.9 Å². The van der Waals surface area contributed by atoms with Crippen LogP contribution in [0.3, 0.4) is 0 Å². The van der Waals surface area contributed by atoms with Crippen molar-refractivity contribution in [3.63, 3.8) is 0 Å². The Kier molecular flexibility index (Phi) is 4.42. The highest BCUT2D eigenvalue weighted by Gasteiger charge is 2.07. The topological polar surface area (TPSA) is 80.7 Å². The van der Waals surface area contributed by atoms with E-state index in [4.69, 9.17) is 27.3 Å². The van der Waals surface area contributed by atoms with Gasteiger partial charge in [0.2, 0.25) is 0 Å². The van der Waals surface area contributed by atoms with Gasteiger partial charge in [0.05, 0.1) is 10.7 Å². The van der Waals surface area contributed by atoms with Crippen molar-refractivity contribution in [3.05, 3.63) is 58.4 Å². The average Bonchev–Trinajstić information content (AvgIpc) is 2.46. The largest absolute Gasteiger partial charge is 0.487 e. The Bertz CT molecular complexity index is 644. The zero-order valence-electron chi connectivity index (χ0n) is 10.9. The summed E-state index contributed by atoms with van der Waals surface area (Å²) in [5.41, 5.74) is 7.88. The molecule has 20 heavy (non-hydrogen) atoms. The number of hydrogen-bond donors (Lipinski definition) is 2. The second-order valence-corrected chi connectivity index (χ2v) is 4.59. The van der Waals surface area contributed by atoms with E-state index in [1.165, 1.54) is 0 Å². The van der Waals surface area contributed by atoms with Crippen molar-refractivity contribution < 1.29 is 9.94 Å². The van der Waals surface area contributed by atoms with Gasteiger partial charge in [-0.1, -0.05) is 22.8 Å². The quantitative estimate of drug-likeness (QED) is 0.393. The third-order valence-electron chi connectivity index (χ3n) is 2.82. The van der Waals surface area contributed by atoms with Crippen molar-refractivity contribution in [2.24, 2.45) is 10.9 Å². The fourth-order valence-electron chi connectivity index (χ4n) is 1.67. The molecular weight excluding hydrogens is 278 g/mol. The highest BCUT2D eigenvalue weighted by atomic mass is 35.5. The van der Waals surface area contributed by atoms with Crippen LogP contribution in [0.1, 0.15) is 16.8 Å². The van der Waals surface area contributed by atoms with Crippen LogP contribution >= 0.6 is 11.6 Å².